The average molecular weight is 609 g/mol. The third kappa shape index (κ3) is 6.43. The third-order valence-corrected chi connectivity index (χ3v) is 7.91. The van der Waals surface area contributed by atoms with Crippen LogP contribution >= 0.6 is 0 Å². The molecule has 43 heavy (non-hydrogen) atoms. The molecular weight excluding hydrogens is 572 g/mol. The van der Waals surface area contributed by atoms with Crippen molar-refractivity contribution in [1.82, 2.24) is 0 Å². The molecule has 0 aromatic heterocycles. The molecule has 0 bridgehead atoms. The zero-order valence-corrected chi connectivity index (χ0v) is 23.4. The summed E-state index contributed by atoms with van der Waals surface area (Å²) in [5.74, 6) is -0.577. The highest BCUT2D eigenvalue weighted by Gasteiger charge is 2.47. The molecule has 0 amide bonds. The van der Waals surface area contributed by atoms with Crippen molar-refractivity contribution in [3.63, 3.8) is 0 Å². The number of carbonyl (C=O) groups is 1. The second kappa shape index (κ2) is 12.9. The Labute approximate surface area is 246 Å². The number of rotatable bonds is 8. The zero-order valence-electron chi connectivity index (χ0n) is 23.4. The summed E-state index contributed by atoms with van der Waals surface area (Å²) in [5, 5.41) is 72.2. The van der Waals surface area contributed by atoms with Gasteiger partial charge in [-0.3, -0.25) is 4.79 Å². The number of Topliss-reactive ketones (excluding diaryl/α,β-unsaturated/α-hetero) is 1. The summed E-state index contributed by atoms with van der Waals surface area (Å²) in [7, 11) is 1.56. The Morgan fingerprint density at radius 3 is 2.21 bits per heavy atom. The van der Waals surface area contributed by atoms with Crippen molar-refractivity contribution in [3.8, 4) is 23.0 Å². The molecule has 0 aliphatic carbocycles. The number of ether oxygens (including phenoxy) is 6. The first kappa shape index (κ1) is 31.4. The van der Waals surface area contributed by atoms with Crippen LogP contribution in [0.25, 0.3) is 0 Å². The first-order valence-electron chi connectivity index (χ1n) is 13.8. The van der Waals surface area contributed by atoms with Crippen LogP contribution in [-0.2, 0) is 20.6 Å². The maximum atomic E-state index is 13.2. The van der Waals surface area contributed by atoms with Gasteiger partial charge in [0, 0.05) is 12.1 Å². The van der Waals surface area contributed by atoms with E-state index in [0.29, 0.717) is 12.2 Å². The predicted octanol–water partition coefficient (Wildman–Crippen LogP) is -1.13. The second-order valence-electron chi connectivity index (χ2n) is 10.9. The van der Waals surface area contributed by atoms with Crippen LogP contribution < -0.4 is 14.2 Å². The molecule has 3 aliphatic heterocycles. The summed E-state index contributed by atoms with van der Waals surface area (Å²) in [6.45, 7) is 1.05. The Morgan fingerprint density at radius 1 is 0.837 bits per heavy atom. The standard InChI is InChI=1S/C29H36O14/c1-12-21(31)24(34)26(36)28(41-12)40-11-19-23(33)25(35)27(37)29(43-19)42-16-8-17(30)20-18(9-16)39-10-14(22(20)32)7-13-3-5-15(38-2)6-4-13/h3-6,8-9,12,14,19,21,23-31,33-37H,7,10-11H2,1-2H3. The number of aliphatic hydroxyl groups is 6. The monoisotopic (exact) mass is 608 g/mol. The normalized spacial score (nSPS) is 36.0. The largest absolute Gasteiger partial charge is 0.507 e. The van der Waals surface area contributed by atoms with E-state index >= 15 is 0 Å². The fraction of sp³-hybridized carbons (Fsp3) is 0.552. The van der Waals surface area contributed by atoms with Gasteiger partial charge in [0.15, 0.2) is 12.1 Å². The number of hydrogen-bond acceptors (Lipinski definition) is 14. The van der Waals surface area contributed by atoms with Gasteiger partial charge in [-0.05, 0) is 31.0 Å². The highest BCUT2D eigenvalue weighted by Crippen LogP contribution is 2.40. The number of phenols is 1. The molecule has 236 valence electrons. The van der Waals surface area contributed by atoms with E-state index in [4.69, 9.17) is 28.4 Å². The molecule has 0 radical (unpaired) electrons. The van der Waals surface area contributed by atoms with Crippen LogP contribution in [0.4, 0.5) is 0 Å². The highest BCUT2D eigenvalue weighted by molar-refractivity contribution is 6.04. The van der Waals surface area contributed by atoms with Crippen molar-refractivity contribution in [1.29, 1.82) is 0 Å². The van der Waals surface area contributed by atoms with E-state index in [1.807, 2.05) is 12.1 Å². The summed E-state index contributed by atoms with van der Waals surface area (Å²) in [6.07, 6.45) is -14.3. The Hall–Kier alpha value is -3.05. The van der Waals surface area contributed by atoms with E-state index in [1.165, 1.54) is 13.0 Å². The SMILES string of the molecule is COc1ccc(CC2COc3cc(OC4OC(COC5OC(C)C(O)C(O)C5O)C(O)C(O)C4O)cc(O)c3C2=O)cc1. The molecule has 2 saturated heterocycles. The van der Waals surface area contributed by atoms with Crippen LogP contribution in [0.2, 0.25) is 0 Å². The number of ketones is 1. The number of hydrogen-bond donors (Lipinski definition) is 7. The molecule has 0 spiro atoms. The van der Waals surface area contributed by atoms with Crippen molar-refractivity contribution in [2.75, 3.05) is 20.3 Å². The first-order chi connectivity index (χ1) is 20.5. The molecule has 14 nitrogen and oxygen atoms in total. The molecular formula is C29H36O14. The molecule has 5 rings (SSSR count). The van der Waals surface area contributed by atoms with Gasteiger partial charge in [0.1, 0.15) is 71.3 Å². The number of fused-ring (bicyclic) bond motifs is 1. The van der Waals surface area contributed by atoms with Crippen molar-refractivity contribution in [2.24, 2.45) is 5.92 Å². The van der Waals surface area contributed by atoms with Crippen LogP contribution in [0.3, 0.4) is 0 Å². The minimum absolute atomic E-state index is 0.0171. The van der Waals surface area contributed by atoms with Crippen molar-refractivity contribution < 1.29 is 69.0 Å². The smallest absolute Gasteiger partial charge is 0.229 e. The number of aliphatic hydroxyl groups excluding tert-OH is 6. The Balaban J connectivity index is 1.25. The van der Waals surface area contributed by atoms with Crippen LogP contribution in [0, 0.1) is 5.92 Å². The molecule has 3 aliphatic rings. The van der Waals surface area contributed by atoms with Crippen LogP contribution in [0.5, 0.6) is 23.0 Å². The maximum Gasteiger partial charge on any atom is 0.229 e. The fourth-order valence-electron chi connectivity index (χ4n) is 5.30. The lowest BCUT2D eigenvalue weighted by Crippen LogP contribution is -2.61. The van der Waals surface area contributed by atoms with Gasteiger partial charge in [-0.2, -0.15) is 0 Å². The molecule has 7 N–H and O–H groups in total. The summed E-state index contributed by atoms with van der Waals surface area (Å²) in [5.41, 5.74) is 0.873. The number of methoxy groups -OCH3 is 1. The molecule has 0 saturated carbocycles. The lowest BCUT2D eigenvalue weighted by atomic mass is 9.89. The molecule has 14 heteroatoms. The first-order valence-corrected chi connectivity index (χ1v) is 13.8. The molecule has 3 heterocycles. The Kier molecular flexibility index (Phi) is 9.41. The van der Waals surface area contributed by atoms with Crippen LogP contribution in [0.1, 0.15) is 22.8 Å². The fourth-order valence-corrected chi connectivity index (χ4v) is 5.30. The predicted molar refractivity (Wildman–Crippen MR) is 144 cm³/mol. The van der Waals surface area contributed by atoms with E-state index in [9.17, 15) is 40.5 Å². The van der Waals surface area contributed by atoms with E-state index in [0.717, 1.165) is 11.6 Å². The summed E-state index contributed by atoms with van der Waals surface area (Å²) >= 11 is 0. The molecule has 2 aromatic rings. The van der Waals surface area contributed by atoms with Gasteiger partial charge in [0.05, 0.1) is 32.3 Å². The number of carbonyl (C=O) groups excluding carboxylic acids is 1. The molecule has 11 atom stereocenters. The van der Waals surface area contributed by atoms with Gasteiger partial charge < -0.3 is 64.2 Å². The van der Waals surface area contributed by atoms with Gasteiger partial charge in [0.2, 0.25) is 6.29 Å². The summed E-state index contributed by atoms with van der Waals surface area (Å²) < 4.78 is 33.1. The maximum absolute atomic E-state index is 13.2. The Bertz CT molecular complexity index is 1270. The van der Waals surface area contributed by atoms with Gasteiger partial charge in [-0.25, -0.2) is 0 Å². The topological polar surface area (TPSA) is 214 Å². The third-order valence-electron chi connectivity index (χ3n) is 7.91. The summed E-state index contributed by atoms with van der Waals surface area (Å²) in [4.78, 5) is 13.2. The lowest BCUT2D eigenvalue weighted by Gasteiger charge is -2.42. The Morgan fingerprint density at radius 2 is 1.51 bits per heavy atom. The van der Waals surface area contributed by atoms with Crippen LogP contribution in [-0.4, -0.2) is 123 Å². The van der Waals surface area contributed by atoms with E-state index in [2.05, 4.69) is 0 Å². The van der Waals surface area contributed by atoms with E-state index in [1.54, 1.807) is 19.2 Å². The zero-order chi connectivity index (χ0) is 31.0. The minimum Gasteiger partial charge on any atom is -0.507 e. The van der Waals surface area contributed by atoms with Gasteiger partial charge in [-0.1, -0.05) is 12.1 Å². The van der Waals surface area contributed by atoms with Gasteiger partial charge >= 0.3 is 0 Å². The highest BCUT2D eigenvalue weighted by atomic mass is 16.7. The van der Waals surface area contributed by atoms with Crippen LogP contribution in [0.15, 0.2) is 36.4 Å². The number of phenolic OH excluding ortho intramolecular Hbond substituents is 1. The minimum atomic E-state index is -1.74. The molecule has 11 unspecified atom stereocenters. The number of aromatic hydroxyl groups is 1. The van der Waals surface area contributed by atoms with Gasteiger partial charge in [-0.15, -0.1) is 0 Å². The quantitative estimate of drug-likeness (QED) is 0.189. The second-order valence-corrected chi connectivity index (χ2v) is 10.9. The van der Waals surface area contributed by atoms with Crippen molar-refractivity contribution >= 4 is 5.78 Å². The molecule has 2 fully saturated rings. The van der Waals surface area contributed by atoms with E-state index < -0.39 is 79.7 Å². The number of benzene rings is 2. The average Bonchev–Trinajstić information content (AvgIpc) is 2.99. The lowest BCUT2D eigenvalue weighted by molar-refractivity contribution is -0.318. The summed E-state index contributed by atoms with van der Waals surface area (Å²) in [6, 6.07) is 9.75. The van der Waals surface area contributed by atoms with Crippen molar-refractivity contribution in [2.45, 2.75) is 74.8 Å². The molecule has 2 aromatic carbocycles. The van der Waals surface area contributed by atoms with E-state index in [-0.39, 0.29) is 29.5 Å². The van der Waals surface area contributed by atoms with Crippen molar-refractivity contribution in [3.05, 3.63) is 47.5 Å². The van der Waals surface area contributed by atoms with Gasteiger partial charge in [0.25, 0.3) is 0 Å².